The van der Waals surface area contributed by atoms with Crippen LogP contribution in [0, 0.1) is 0 Å². The van der Waals surface area contributed by atoms with Gasteiger partial charge in [0.15, 0.2) is 0 Å². The Hall–Kier alpha value is -1.43. The summed E-state index contributed by atoms with van der Waals surface area (Å²) in [6, 6.07) is 4.16. The van der Waals surface area contributed by atoms with Crippen molar-refractivity contribution in [1.29, 1.82) is 0 Å². The number of carbonyl (C=O) groups excluding carboxylic acids is 2. The van der Waals surface area contributed by atoms with Gasteiger partial charge in [0.25, 0.3) is 0 Å². The molecule has 1 saturated heterocycles. The smallest absolute Gasteiger partial charge is 0.242 e. The minimum atomic E-state index is 0.0517. The molecule has 19 heavy (non-hydrogen) atoms. The molecular formula is C13H17N3O2S. The second kappa shape index (κ2) is 4.92. The van der Waals surface area contributed by atoms with E-state index in [2.05, 4.69) is 10.6 Å². The fourth-order valence-electron chi connectivity index (χ4n) is 2.71. The highest BCUT2D eigenvalue weighted by atomic mass is 32.2. The number of aromatic nitrogens is 1. The lowest BCUT2D eigenvalue weighted by Crippen LogP contribution is -2.46. The van der Waals surface area contributed by atoms with Crippen molar-refractivity contribution in [2.45, 2.75) is 19.5 Å². The van der Waals surface area contributed by atoms with Gasteiger partial charge in [0.05, 0.1) is 17.7 Å². The van der Waals surface area contributed by atoms with E-state index in [1.54, 1.807) is 16.7 Å². The summed E-state index contributed by atoms with van der Waals surface area (Å²) in [4.78, 5) is 27.4. The van der Waals surface area contributed by atoms with Crippen molar-refractivity contribution in [3.05, 3.63) is 24.0 Å². The predicted octanol–water partition coefficient (Wildman–Crippen LogP) is 0.924. The van der Waals surface area contributed by atoms with Crippen molar-refractivity contribution in [2.24, 2.45) is 0 Å². The standard InChI is InChI=1S/C13H17N3O2S/c1-10-11-3-2-4-14(11)5-6-16(10)12(17)7-15-9-19-8-13(15)18/h2-4,10H,5-9H2,1H3. The van der Waals surface area contributed by atoms with Crippen LogP contribution in [0.5, 0.6) is 0 Å². The quantitative estimate of drug-likeness (QED) is 0.809. The van der Waals surface area contributed by atoms with Gasteiger partial charge in [0, 0.05) is 25.0 Å². The average molecular weight is 279 g/mol. The van der Waals surface area contributed by atoms with Gasteiger partial charge in [-0.1, -0.05) is 0 Å². The Kier molecular flexibility index (Phi) is 3.26. The molecule has 1 fully saturated rings. The first-order valence-corrected chi connectivity index (χ1v) is 7.62. The molecule has 2 amide bonds. The molecule has 0 radical (unpaired) electrons. The van der Waals surface area contributed by atoms with E-state index in [-0.39, 0.29) is 24.4 Å². The van der Waals surface area contributed by atoms with Crippen LogP contribution in [0.1, 0.15) is 18.7 Å². The molecule has 0 aromatic carbocycles. The fraction of sp³-hybridized carbons (Fsp3) is 0.538. The van der Waals surface area contributed by atoms with E-state index in [0.29, 0.717) is 11.6 Å². The van der Waals surface area contributed by atoms with Gasteiger partial charge in [-0.05, 0) is 19.1 Å². The third-order valence-electron chi connectivity index (χ3n) is 3.81. The molecule has 1 atom stereocenters. The van der Waals surface area contributed by atoms with Gasteiger partial charge >= 0.3 is 0 Å². The van der Waals surface area contributed by atoms with E-state index in [4.69, 9.17) is 0 Å². The van der Waals surface area contributed by atoms with Crippen LogP contribution in [-0.4, -0.2) is 50.9 Å². The first kappa shape index (κ1) is 12.6. The lowest BCUT2D eigenvalue weighted by molar-refractivity contribution is -0.140. The van der Waals surface area contributed by atoms with Crippen molar-refractivity contribution in [2.75, 3.05) is 24.7 Å². The summed E-state index contributed by atoms with van der Waals surface area (Å²) in [7, 11) is 0. The summed E-state index contributed by atoms with van der Waals surface area (Å²) in [5.41, 5.74) is 1.17. The normalized spacial score (nSPS) is 22.8. The highest BCUT2D eigenvalue weighted by Gasteiger charge is 2.30. The number of rotatable bonds is 2. The molecule has 1 unspecified atom stereocenters. The number of hydrogen-bond acceptors (Lipinski definition) is 3. The Bertz CT molecular complexity index is 514. The van der Waals surface area contributed by atoms with E-state index >= 15 is 0 Å². The van der Waals surface area contributed by atoms with Crippen LogP contribution in [-0.2, 0) is 16.1 Å². The lowest BCUT2D eigenvalue weighted by atomic mass is 10.1. The van der Waals surface area contributed by atoms with Gasteiger partial charge in [-0.25, -0.2) is 0 Å². The van der Waals surface area contributed by atoms with Crippen LogP contribution in [0.15, 0.2) is 18.3 Å². The van der Waals surface area contributed by atoms with Gasteiger partial charge in [-0.3, -0.25) is 9.59 Å². The molecular weight excluding hydrogens is 262 g/mol. The van der Waals surface area contributed by atoms with Crippen molar-refractivity contribution in [3.63, 3.8) is 0 Å². The van der Waals surface area contributed by atoms with E-state index < -0.39 is 0 Å². The van der Waals surface area contributed by atoms with Crippen molar-refractivity contribution < 1.29 is 9.59 Å². The number of nitrogens with zero attached hydrogens (tertiary/aromatic N) is 3. The Morgan fingerprint density at radius 2 is 2.32 bits per heavy atom. The average Bonchev–Trinajstić information content (AvgIpc) is 3.00. The second-order valence-corrected chi connectivity index (χ2v) is 5.91. The van der Waals surface area contributed by atoms with Gasteiger partial charge in [0.1, 0.15) is 6.54 Å². The van der Waals surface area contributed by atoms with Crippen LogP contribution < -0.4 is 0 Å². The van der Waals surface area contributed by atoms with Gasteiger partial charge in [-0.2, -0.15) is 0 Å². The summed E-state index contributed by atoms with van der Waals surface area (Å²) >= 11 is 1.57. The van der Waals surface area contributed by atoms with Gasteiger partial charge in [0.2, 0.25) is 11.8 Å². The van der Waals surface area contributed by atoms with E-state index in [9.17, 15) is 9.59 Å². The molecule has 5 nitrogen and oxygen atoms in total. The summed E-state index contributed by atoms with van der Waals surface area (Å²) in [5, 5.41) is 0. The van der Waals surface area contributed by atoms with Gasteiger partial charge < -0.3 is 14.4 Å². The molecule has 0 bridgehead atoms. The Labute approximate surface area is 116 Å². The first-order chi connectivity index (χ1) is 9.16. The highest BCUT2D eigenvalue weighted by Crippen LogP contribution is 2.26. The zero-order valence-corrected chi connectivity index (χ0v) is 11.7. The molecule has 3 rings (SSSR count). The molecule has 0 spiro atoms. The third kappa shape index (κ3) is 2.25. The topological polar surface area (TPSA) is 45.6 Å². The lowest BCUT2D eigenvalue weighted by Gasteiger charge is -2.35. The third-order valence-corrected chi connectivity index (χ3v) is 4.76. The number of carbonyl (C=O) groups is 2. The zero-order valence-electron chi connectivity index (χ0n) is 10.9. The van der Waals surface area contributed by atoms with Crippen LogP contribution in [0.25, 0.3) is 0 Å². The van der Waals surface area contributed by atoms with Crippen molar-refractivity contribution in [3.8, 4) is 0 Å². The molecule has 2 aliphatic heterocycles. The molecule has 102 valence electrons. The monoisotopic (exact) mass is 279 g/mol. The van der Waals surface area contributed by atoms with Crippen molar-refractivity contribution in [1.82, 2.24) is 14.4 Å². The largest absolute Gasteiger partial charge is 0.348 e. The number of hydrogen-bond donors (Lipinski definition) is 0. The molecule has 0 N–H and O–H groups in total. The minimum Gasteiger partial charge on any atom is -0.348 e. The summed E-state index contributed by atoms with van der Waals surface area (Å²) in [6.45, 7) is 3.82. The Morgan fingerprint density at radius 1 is 1.47 bits per heavy atom. The van der Waals surface area contributed by atoms with Crippen LogP contribution in [0.3, 0.4) is 0 Å². The van der Waals surface area contributed by atoms with Crippen LogP contribution in [0.2, 0.25) is 0 Å². The predicted molar refractivity (Wildman–Crippen MR) is 73.6 cm³/mol. The molecule has 1 aromatic rings. The van der Waals surface area contributed by atoms with E-state index in [1.165, 1.54) is 5.69 Å². The summed E-state index contributed by atoms with van der Waals surface area (Å²) in [5.74, 6) is 1.27. The molecule has 2 aliphatic rings. The van der Waals surface area contributed by atoms with Gasteiger partial charge in [-0.15, -0.1) is 11.8 Å². The molecule has 3 heterocycles. The molecule has 6 heteroatoms. The van der Waals surface area contributed by atoms with E-state index in [1.807, 2.05) is 24.1 Å². The first-order valence-electron chi connectivity index (χ1n) is 6.47. The highest BCUT2D eigenvalue weighted by molar-refractivity contribution is 8.00. The molecule has 1 aromatic heterocycles. The fourth-order valence-corrected chi connectivity index (χ4v) is 3.62. The Balaban J connectivity index is 1.69. The molecule has 0 saturated carbocycles. The summed E-state index contributed by atoms with van der Waals surface area (Å²) < 4.78 is 2.19. The van der Waals surface area contributed by atoms with Crippen LogP contribution >= 0.6 is 11.8 Å². The zero-order chi connectivity index (χ0) is 13.4. The number of thioether (sulfide) groups is 1. The van der Waals surface area contributed by atoms with E-state index in [0.717, 1.165) is 13.1 Å². The minimum absolute atomic E-state index is 0.0517. The summed E-state index contributed by atoms with van der Waals surface area (Å²) in [6.07, 6.45) is 2.05. The maximum atomic E-state index is 12.4. The molecule has 0 aliphatic carbocycles. The SMILES string of the molecule is CC1c2cccn2CCN1C(=O)CN1CSCC1=O. The second-order valence-electron chi connectivity index (χ2n) is 4.96. The van der Waals surface area contributed by atoms with Crippen molar-refractivity contribution >= 4 is 23.6 Å². The number of fused-ring (bicyclic) bond motifs is 1. The Morgan fingerprint density at radius 3 is 3.05 bits per heavy atom. The van der Waals surface area contributed by atoms with Crippen LogP contribution in [0.4, 0.5) is 0 Å². The maximum Gasteiger partial charge on any atom is 0.242 e. The maximum absolute atomic E-state index is 12.4. The number of amides is 2.